The van der Waals surface area contributed by atoms with Crippen LogP contribution in [0.3, 0.4) is 0 Å². The van der Waals surface area contributed by atoms with Gasteiger partial charge in [0.15, 0.2) is 0 Å². The van der Waals surface area contributed by atoms with E-state index in [-0.39, 0.29) is 10.8 Å². The Morgan fingerprint density at radius 3 is 1.80 bits per heavy atom. The number of nitrogens with zero attached hydrogens (tertiary/aromatic N) is 1. The molecule has 0 heterocycles. The monoisotopic (exact) mass is 729 g/mol. The molecule has 3 saturated carbocycles. The van der Waals surface area contributed by atoms with Gasteiger partial charge in [-0.15, -0.1) is 0 Å². The maximum absolute atomic E-state index is 2.53. The summed E-state index contributed by atoms with van der Waals surface area (Å²) in [6.07, 6.45) is 12.5. The van der Waals surface area contributed by atoms with E-state index in [1.54, 1.807) is 5.56 Å². The van der Waals surface area contributed by atoms with E-state index >= 15 is 0 Å². The Morgan fingerprint density at radius 1 is 0.464 bits per heavy atom. The van der Waals surface area contributed by atoms with Gasteiger partial charge in [0, 0.05) is 27.9 Å². The number of rotatable bonds is 6. The van der Waals surface area contributed by atoms with Crippen molar-refractivity contribution in [1.29, 1.82) is 0 Å². The van der Waals surface area contributed by atoms with Crippen LogP contribution in [0.2, 0.25) is 0 Å². The number of fused-ring (bicyclic) bond motifs is 8. The second-order valence-corrected chi connectivity index (χ2v) is 19.1. The highest BCUT2D eigenvalue weighted by Gasteiger charge is 2.42. The lowest BCUT2D eigenvalue weighted by Crippen LogP contribution is -2.18. The molecule has 1 heteroatoms. The van der Waals surface area contributed by atoms with Gasteiger partial charge >= 0.3 is 0 Å². The van der Waals surface area contributed by atoms with Crippen LogP contribution in [-0.4, -0.2) is 0 Å². The summed E-state index contributed by atoms with van der Waals surface area (Å²) in [4.78, 5) is 2.53. The predicted octanol–water partition coefficient (Wildman–Crippen LogP) is 15.4. The number of benzene rings is 6. The summed E-state index contributed by atoms with van der Waals surface area (Å²) in [6.45, 7) is 9.69. The molecule has 0 radical (unpaired) electrons. The first-order valence-electron chi connectivity index (χ1n) is 21.8. The smallest absolute Gasteiger partial charge is 0.0465 e. The van der Waals surface area contributed by atoms with E-state index in [9.17, 15) is 0 Å². The summed E-state index contributed by atoms with van der Waals surface area (Å²) < 4.78 is 0. The molecule has 0 N–H and O–H groups in total. The van der Waals surface area contributed by atoms with Gasteiger partial charge in [-0.05, 0) is 159 Å². The van der Waals surface area contributed by atoms with Crippen molar-refractivity contribution in [2.24, 2.45) is 11.8 Å². The first-order chi connectivity index (χ1) is 27.3. The van der Waals surface area contributed by atoms with E-state index in [0.717, 1.165) is 17.8 Å². The Labute approximate surface area is 334 Å². The topological polar surface area (TPSA) is 3.24 Å². The molecule has 2 bridgehead atoms. The Balaban J connectivity index is 1.01. The van der Waals surface area contributed by atoms with E-state index in [1.165, 1.54) is 136 Å². The van der Waals surface area contributed by atoms with Crippen LogP contribution in [-0.2, 0) is 10.8 Å². The van der Waals surface area contributed by atoms with Gasteiger partial charge in [-0.2, -0.15) is 0 Å². The van der Waals surface area contributed by atoms with E-state index in [1.807, 2.05) is 0 Å². The average molecular weight is 730 g/mol. The summed E-state index contributed by atoms with van der Waals surface area (Å²) in [5.41, 5.74) is 20.5. The van der Waals surface area contributed by atoms with Gasteiger partial charge in [0.2, 0.25) is 0 Å². The number of hydrogen-bond donors (Lipinski definition) is 0. The van der Waals surface area contributed by atoms with Crippen LogP contribution in [0.25, 0.3) is 33.4 Å². The van der Waals surface area contributed by atoms with E-state index in [2.05, 4.69) is 160 Å². The molecule has 0 aliphatic heterocycles. The van der Waals surface area contributed by atoms with Gasteiger partial charge in [-0.3, -0.25) is 0 Å². The highest BCUT2D eigenvalue weighted by molar-refractivity contribution is 5.97. The van der Waals surface area contributed by atoms with Crippen molar-refractivity contribution in [1.82, 2.24) is 0 Å². The van der Waals surface area contributed by atoms with Crippen molar-refractivity contribution in [3.05, 3.63) is 161 Å². The molecule has 5 aliphatic rings. The molecule has 0 spiro atoms. The second-order valence-electron chi connectivity index (χ2n) is 19.1. The summed E-state index contributed by atoms with van der Waals surface area (Å²) in [6, 6.07) is 49.8. The fourth-order valence-electron chi connectivity index (χ4n) is 12.5. The van der Waals surface area contributed by atoms with Crippen molar-refractivity contribution < 1.29 is 0 Å². The summed E-state index contributed by atoms with van der Waals surface area (Å²) in [5.74, 6) is 3.28. The molecule has 0 saturated heterocycles. The summed E-state index contributed by atoms with van der Waals surface area (Å²) >= 11 is 0. The second kappa shape index (κ2) is 12.8. The third-order valence-electron chi connectivity index (χ3n) is 15.4. The molecular formula is C55H55N. The fraction of sp³-hybridized carbons (Fsp3) is 0.345. The molecule has 5 aliphatic carbocycles. The molecule has 6 aromatic carbocycles. The molecular weight excluding hydrogens is 675 g/mol. The number of anilines is 3. The highest BCUT2D eigenvalue weighted by Crippen LogP contribution is 2.58. The Kier molecular flexibility index (Phi) is 7.87. The molecule has 6 aromatic rings. The van der Waals surface area contributed by atoms with Crippen molar-refractivity contribution in [3.63, 3.8) is 0 Å². The molecule has 0 amide bonds. The van der Waals surface area contributed by atoms with Crippen molar-refractivity contribution >= 4 is 17.1 Å². The van der Waals surface area contributed by atoms with Gasteiger partial charge in [-0.1, -0.05) is 144 Å². The maximum Gasteiger partial charge on any atom is 0.0465 e. The van der Waals surface area contributed by atoms with Crippen LogP contribution in [0.4, 0.5) is 17.1 Å². The van der Waals surface area contributed by atoms with Gasteiger partial charge in [0.05, 0.1) is 0 Å². The first-order valence-corrected chi connectivity index (χ1v) is 21.8. The lowest BCUT2D eigenvalue weighted by Gasteiger charge is -2.30. The van der Waals surface area contributed by atoms with E-state index in [0.29, 0.717) is 5.92 Å². The lowest BCUT2D eigenvalue weighted by molar-refractivity contribution is 0.420. The molecule has 3 unspecified atom stereocenters. The van der Waals surface area contributed by atoms with Gasteiger partial charge in [0.25, 0.3) is 0 Å². The Bertz CT molecular complexity index is 2470. The Hall–Kier alpha value is -4.88. The van der Waals surface area contributed by atoms with E-state index < -0.39 is 0 Å². The first kappa shape index (κ1) is 34.4. The van der Waals surface area contributed by atoms with E-state index in [4.69, 9.17) is 0 Å². The third kappa shape index (κ3) is 5.18. The fourth-order valence-corrected chi connectivity index (χ4v) is 12.5. The molecule has 56 heavy (non-hydrogen) atoms. The van der Waals surface area contributed by atoms with Gasteiger partial charge in [-0.25, -0.2) is 0 Å². The summed E-state index contributed by atoms with van der Waals surface area (Å²) in [7, 11) is 0. The zero-order valence-corrected chi connectivity index (χ0v) is 33.7. The third-order valence-corrected chi connectivity index (χ3v) is 15.4. The normalized spacial score (nSPS) is 22.4. The van der Waals surface area contributed by atoms with Crippen LogP contribution in [0.5, 0.6) is 0 Å². The highest BCUT2D eigenvalue weighted by atomic mass is 15.1. The van der Waals surface area contributed by atoms with Crippen LogP contribution in [0.1, 0.15) is 131 Å². The minimum Gasteiger partial charge on any atom is -0.310 e. The zero-order valence-electron chi connectivity index (χ0n) is 33.7. The molecule has 1 nitrogen and oxygen atoms in total. The summed E-state index contributed by atoms with van der Waals surface area (Å²) in [5, 5.41) is 0. The minimum atomic E-state index is -0.185. The largest absolute Gasteiger partial charge is 0.310 e. The average Bonchev–Trinajstić information content (AvgIpc) is 3.99. The Morgan fingerprint density at radius 2 is 1.09 bits per heavy atom. The predicted molar refractivity (Wildman–Crippen MR) is 236 cm³/mol. The van der Waals surface area contributed by atoms with Crippen molar-refractivity contribution in [3.8, 4) is 33.4 Å². The molecule has 3 atom stereocenters. The minimum absolute atomic E-state index is 0.0275. The van der Waals surface area contributed by atoms with Crippen LogP contribution in [0, 0.1) is 11.8 Å². The standard InChI is InChI=1S/C55H55N/c1-54(2)49-18-9-8-14-47(49)52-44(15-11-19-50(52)54)46-17-10-16-45-43-31-30-42(34-51(43)55(3,4)53(45)46)56(40-26-22-37(23-27-40)36-12-6-5-7-13-36)41-28-24-38(25-29-41)48-33-35-20-21-39(48)32-35/h8-11,14-19,22-31,34-36,39,48H,5-7,12-13,20-21,32-33H2,1-4H3. The van der Waals surface area contributed by atoms with Crippen molar-refractivity contribution in [2.45, 2.75) is 108 Å². The SMILES string of the molecule is CC1(C)c2ccccc2-c2c(-c3cccc4c3C(C)(C)c3cc(N(c5ccc(C6CCCCC6)cc5)c5ccc(C6CC7CCC6C7)cc5)ccc3-4)cccc21. The molecule has 11 rings (SSSR count). The molecule has 280 valence electrons. The maximum atomic E-state index is 2.53. The molecule has 0 aromatic heterocycles. The van der Waals surface area contributed by atoms with Crippen LogP contribution >= 0.6 is 0 Å². The zero-order chi connectivity index (χ0) is 37.8. The van der Waals surface area contributed by atoms with Crippen molar-refractivity contribution in [2.75, 3.05) is 4.90 Å². The quantitative estimate of drug-likeness (QED) is 0.165. The molecule has 3 fully saturated rings. The van der Waals surface area contributed by atoms with Crippen LogP contribution in [0.15, 0.2) is 127 Å². The van der Waals surface area contributed by atoms with Gasteiger partial charge in [0.1, 0.15) is 0 Å². The lowest BCUT2D eigenvalue weighted by atomic mass is 9.77. The van der Waals surface area contributed by atoms with Gasteiger partial charge < -0.3 is 4.90 Å². The van der Waals surface area contributed by atoms with Crippen LogP contribution < -0.4 is 4.90 Å². The number of hydrogen-bond acceptors (Lipinski definition) is 1.